The van der Waals surface area contributed by atoms with Gasteiger partial charge in [-0.15, -0.1) is 0 Å². The van der Waals surface area contributed by atoms with Gasteiger partial charge in [-0.2, -0.15) is 0 Å². The molecular formula is C21H21ClN6O2. The van der Waals surface area contributed by atoms with Gasteiger partial charge in [0.15, 0.2) is 5.15 Å². The molecule has 1 amide bonds. The molecule has 3 aromatic rings. The van der Waals surface area contributed by atoms with Crippen molar-refractivity contribution in [2.75, 3.05) is 0 Å². The maximum Gasteiger partial charge on any atom is 0.274 e. The van der Waals surface area contributed by atoms with Crippen LogP contribution in [0.4, 0.5) is 0 Å². The molecule has 8 nitrogen and oxygen atoms in total. The first-order chi connectivity index (χ1) is 14.4. The number of nitrogens with zero attached hydrogens (tertiary/aromatic N) is 2. The molecule has 154 valence electrons. The van der Waals surface area contributed by atoms with Crippen LogP contribution in [0.25, 0.3) is 11.3 Å². The van der Waals surface area contributed by atoms with Crippen molar-refractivity contribution in [1.82, 2.24) is 14.9 Å². The minimum Gasteiger partial charge on any atom is -0.384 e. The van der Waals surface area contributed by atoms with E-state index in [9.17, 15) is 9.59 Å². The molecule has 0 aliphatic carbocycles. The van der Waals surface area contributed by atoms with Gasteiger partial charge in [0.2, 0.25) is 5.91 Å². The second-order valence-corrected chi connectivity index (χ2v) is 6.90. The molecule has 3 rings (SSSR count). The summed E-state index contributed by atoms with van der Waals surface area (Å²) in [6, 6.07) is 16.0. The highest BCUT2D eigenvalue weighted by Gasteiger charge is 2.18. The minimum atomic E-state index is -0.457. The summed E-state index contributed by atoms with van der Waals surface area (Å²) in [5, 5.41) is 10.3. The summed E-state index contributed by atoms with van der Waals surface area (Å²) in [6.07, 6.45) is 0. The van der Waals surface area contributed by atoms with Gasteiger partial charge in [-0.05, 0) is 5.56 Å². The Morgan fingerprint density at radius 1 is 1.13 bits per heavy atom. The van der Waals surface area contributed by atoms with E-state index in [0.29, 0.717) is 16.8 Å². The summed E-state index contributed by atoms with van der Waals surface area (Å²) in [5.41, 5.74) is 13.2. The molecule has 0 aliphatic heterocycles. The number of carbonyl (C=O) groups is 1. The number of carbonyl (C=O) groups excluding carboxylic acids is 1. The molecule has 1 aromatic heterocycles. The Balaban J connectivity index is 1.84. The van der Waals surface area contributed by atoms with Gasteiger partial charge < -0.3 is 16.8 Å². The van der Waals surface area contributed by atoms with Crippen LogP contribution in [-0.4, -0.2) is 21.3 Å². The lowest BCUT2D eigenvalue weighted by atomic mass is 10.1. The highest BCUT2D eigenvalue weighted by molar-refractivity contribution is 6.31. The van der Waals surface area contributed by atoms with Crippen molar-refractivity contribution < 1.29 is 4.79 Å². The number of rotatable bonds is 7. The first kappa shape index (κ1) is 21.2. The van der Waals surface area contributed by atoms with Crippen LogP contribution in [0, 0.1) is 5.41 Å². The summed E-state index contributed by atoms with van der Waals surface area (Å²) in [5.74, 6) is -0.390. The Morgan fingerprint density at radius 3 is 2.40 bits per heavy atom. The number of hydrogen-bond donors (Lipinski definition) is 4. The Labute approximate surface area is 178 Å². The topological polar surface area (TPSA) is 140 Å². The molecule has 9 heteroatoms. The number of hydrogen-bond acceptors (Lipinski definition) is 5. The number of nitrogen functional groups attached to an aromatic ring is 1. The third-order valence-electron chi connectivity index (χ3n) is 4.49. The van der Waals surface area contributed by atoms with E-state index in [-0.39, 0.29) is 42.2 Å². The molecule has 30 heavy (non-hydrogen) atoms. The summed E-state index contributed by atoms with van der Waals surface area (Å²) < 4.78 is 1.29. The molecule has 0 fully saturated rings. The smallest absolute Gasteiger partial charge is 0.274 e. The lowest BCUT2D eigenvalue weighted by Crippen LogP contribution is -2.35. The van der Waals surface area contributed by atoms with Crippen LogP contribution in [0.1, 0.15) is 16.8 Å². The molecule has 0 saturated carbocycles. The third-order valence-corrected chi connectivity index (χ3v) is 4.75. The summed E-state index contributed by atoms with van der Waals surface area (Å²) in [6.45, 7) is -0.0590. The summed E-state index contributed by atoms with van der Waals surface area (Å²) >= 11 is 6.33. The quantitative estimate of drug-likeness (QED) is 0.337. The van der Waals surface area contributed by atoms with Gasteiger partial charge in [0.1, 0.15) is 18.1 Å². The van der Waals surface area contributed by atoms with E-state index in [2.05, 4.69) is 10.3 Å². The van der Waals surface area contributed by atoms with Crippen LogP contribution in [-0.2, 0) is 24.4 Å². The first-order valence-electron chi connectivity index (χ1n) is 9.15. The van der Waals surface area contributed by atoms with Crippen LogP contribution < -0.4 is 22.3 Å². The predicted octanol–water partition coefficient (Wildman–Crippen LogP) is 1.62. The van der Waals surface area contributed by atoms with E-state index in [1.807, 2.05) is 18.2 Å². The number of amides is 1. The molecule has 0 radical (unpaired) electrons. The predicted molar refractivity (Wildman–Crippen MR) is 116 cm³/mol. The normalized spacial score (nSPS) is 10.6. The summed E-state index contributed by atoms with van der Waals surface area (Å²) in [7, 11) is 0. The fourth-order valence-electron chi connectivity index (χ4n) is 2.95. The van der Waals surface area contributed by atoms with Gasteiger partial charge in [-0.25, -0.2) is 4.98 Å². The number of nitrogens with two attached hydrogens (primary N) is 2. The van der Waals surface area contributed by atoms with Crippen molar-refractivity contribution in [3.8, 4) is 11.3 Å². The molecule has 2 aromatic carbocycles. The van der Waals surface area contributed by atoms with Gasteiger partial charge in [-0.3, -0.25) is 19.6 Å². The number of amidine groups is 1. The number of aromatic nitrogens is 2. The number of nitrogens with one attached hydrogen (secondary N) is 2. The zero-order valence-electron chi connectivity index (χ0n) is 16.1. The largest absolute Gasteiger partial charge is 0.384 e. The van der Waals surface area contributed by atoms with Gasteiger partial charge in [0.25, 0.3) is 5.56 Å². The molecule has 0 atom stereocenters. The van der Waals surface area contributed by atoms with Gasteiger partial charge >= 0.3 is 0 Å². The number of benzene rings is 2. The van der Waals surface area contributed by atoms with E-state index >= 15 is 0 Å². The van der Waals surface area contributed by atoms with Crippen LogP contribution in [0.2, 0.25) is 5.15 Å². The van der Waals surface area contributed by atoms with Crippen LogP contribution in [0.5, 0.6) is 0 Å². The zero-order valence-corrected chi connectivity index (χ0v) is 16.8. The SMILES string of the molecule is N=C(N)c1ccc(CNC(=O)Cn2c(-c3ccccc3)c(Cl)nc(CN)c2=O)cc1. The Morgan fingerprint density at radius 2 is 1.80 bits per heavy atom. The molecule has 0 aliphatic rings. The summed E-state index contributed by atoms with van der Waals surface area (Å²) in [4.78, 5) is 29.5. The van der Waals surface area contributed by atoms with Gasteiger partial charge in [0.05, 0.1) is 5.69 Å². The second-order valence-electron chi connectivity index (χ2n) is 6.55. The third kappa shape index (κ3) is 4.73. The van der Waals surface area contributed by atoms with Crippen LogP contribution >= 0.6 is 11.6 Å². The van der Waals surface area contributed by atoms with E-state index in [4.69, 9.17) is 28.5 Å². The molecular weight excluding hydrogens is 404 g/mol. The maximum absolute atomic E-state index is 12.8. The van der Waals surface area contributed by atoms with Crippen molar-refractivity contribution in [2.45, 2.75) is 19.6 Å². The van der Waals surface area contributed by atoms with E-state index < -0.39 is 5.56 Å². The average molecular weight is 425 g/mol. The van der Waals surface area contributed by atoms with Crippen molar-refractivity contribution >= 4 is 23.3 Å². The van der Waals surface area contributed by atoms with Crippen molar-refractivity contribution in [3.05, 3.63) is 86.9 Å². The molecule has 1 heterocycles. The zero-order chi connectivity index (χ0) is 21.7. The lowest BCUT2D eigenvalue weighted by molar-refractivity contribution is -0.121. The van der Waals surface area contributed by atoms with Crippen molar-refractivity contribution in [2.24, 2.45) is 11.5 Å². The average Bonchev–Trinajstić information content (AvgIpc) is 2.75. The monoisotopic (exact) mass is 424 g/mol. The first-order valence-corrected chi connectivity index (χ1v) is 9.53. The molecule has 0 unspecified atom stereocenters. The highest BCUT2D eigenvalue weighted by Crippen LogP contribution is 2.25. The molecule has 0 spiro atoms. The van der Waals surface area contributed by atoms with Crippen LogP contribution in [0.15, 0.2) is 59.4 Å². The lowest BCUT2D eigenvalue weighted by Gasteiger charge is -2.16. The highest BCUT2D eigenvalue weighted by atomic mass is 35.5. The standard InChI is InChI=1S/C21H21ClN6O2/c22-19-18(14-4-2-1-3-5-14)28(21(30)16(10-23)27-19)12-17(29)26-11-13-6-8-15(9-7-13)20(24)25/h1-9H,10-12,23H2,(H3,24,25)(H,26,29). The number of halogens is 1. The Hall–Kier alpha value is -3.49. The molecule has 0 saturated heterocycles. The van der Waals surface area contributed by atoms with E-state index in [1.165, 1.54) is 4.57 Å². The Kier molecular flexibility index (Phi) is 6.61. The fraction of sp³-hybridized carbons (Fsp3) is 0.143. The second kappa shape index (κ2) is 9.34. The van der Waals surface area contributed by atoms with Crippen molar-refractivity contribution in [3.63, 3.8) is 0 Å². The van der Waals surface area contributed by atoms with Crippen molar-refractivity contribution in [1.29, 1.82) is 5.41 Å². The van der Waals surface area contributed by atoms with Gasteiger partial charge in [0, 0.05) is 24.2 Å². The van der Waals surface area contributed by atoms with E-state index in [0.717, 1.165) is 5.56 Å². The maximum atomic E-state index is 12.8. The van der Waals surface area contributed by atoms with Crippen LogP contribution in [0.3, 0.4) is 0 Å². The molecule has 0 bridgehead atoms. The minimum absolute atomic E-state index is 0.0244. The molecule has 6 N–H and O–H groups in total. The van der Waals surface area contributed by atoms with E-state index in [1.54, 1.807) is 36.4 Å². The van der Waals surface area contributed by atoms with Gasteiger partial charge in [-0.1, -0.05) is 66.2 Å². The Bertz CT molecular complexity index is 1130. The fourth-order valence-corrected chi connectivity index (χ4v) is 3.26.